The molecule has 2 aliphatic rings. The van der Waals surface area contributed by atoms with Gasteiger partial charge >= 0.3 is 5.97 Å². The number of hydrogen-bond acceptors (Lipinski definition) is 4. The average molecular weight is 390 g/mol. The maximum atomic E-state index is 12.6. The van der Waals surface area contributed by atoms with Gasteiger partial charge in [0.05, 0.1) is 17.1 Å². The molecular formula is C17H21Cl2NO3S. The molecule has 1 aromatic heterocycles. The van der Waals surface area contributed by atoms with Crippen molar-refractivity contribution in [3.8, 4) is 0 Å². The number of anilines is 1. The molecule has 1 aromatic rings. The topological polar surface area (TPSA) is 55.4 Å². The minimum Gasteiger partial charge on any atom is -0.459 e. The number of carbonyl (C=O) groups is 2. The van der Waals surface area contributed by atoms with Crippen LogP contribution in [0, 0.1) is 5.41 Å². The van der Waals surface area contributed by atoms with Crippen LogP contribution in [0.3, 0.4) is 0 Å². The molecule has 2 aliphatic carbocycles. The summed E-state index contributed by atoms with van der Waals surface area (Å²) in [5.41, 5.74) is 0.715. The Morgan fingerprint density at radius 2 is 1.88 bits per heavy atom. The predicted octanol–water partition coefficient (Wildman–Crippen LogP) is 4.71. The maximum absolute atomic E-state index is 12.6. The lowest BCUT2D eigenvalue weighted by Crippen LogP contribution is -2.26. The Morgan fingerprint density at radius 1 is 1.25 bits per heavy atom. The quantitative estimate of drug-likeness (QED) is 0.598. The molecule has 1 fully saturated rings. The highest BCUT2D eigenvalue weighted by Gasteiger charge is 2.68. The molecule has 7 heteroatoms. The van der Waals surface area contributed by atoms with Gasteiger partial charge in [-0.1, -0.05) is 0 Å². The Balaban J connectivity index is 1.91. The largest absolute Gasteiger partial charge is 0.459 e. The summed E-state index contributed by atoms with van der Waals surface area (Å²) < 4.78 is 4.35. The molecule has 3 rings (SSSR count). The third-order valence-corrected chi connectivity index (χ3v) is 7.01. The van der Waals surface area contributed by atoms with Gasteiger partial charge < -0.3 is 10.1 Å². The van der Waals surface area contributed by atoms with Gasteiger partial charge in [-0.3, -0.25) is 4.79 Å². The van der Waals surface area contributed by atoms with Crippen LogP contribution in [0.5, 0.6) is 0 Å². The van der Waals surface area contributed by atoms with Crippen LogP contribution in [0.15, 0.2) is 0 Å². The summed E-state index contributed by atoms with van der Waals surface area (Å²) >= 11 is 13.7. The van der Waals surface area contributed by atoms with Crippen LogP contribution in [0.2, 0.25) is 0 Å². The van der Waals surface area contributed by atoms with Crippen molar-refractivity contribution in [2.24, 2.45) is 5.41 Å². The van der Waals surface area contributed by atoms with Crippen molar-refractivity contribution in [2.45, 2.75) is 63.3 Å². The molecule has 0 aromatic carbocycles. The molecule has 1 amide bonds. The van der Waals surface area contributed by atoms with E-state index in [2.05, 4.69) is 5.32 Å². The number of rotatable bonds is 4. The molecule has 0 saturated heterocycles. The molecule has 1 saturated carbocycles. The number of carbonyl (C=O) groups excluding carboxylic acids is 2. The summed E-state index contributed by atoms with van der Waals surface area (Å²) in [5.74, 6) is -0.617. The lowest BCUT2D eigenvalue weighted by molar-refractivity contribution is -0.120. The molecule has 0 spiro atoms. The molecule has 1 heterocycles. The molecule has 1 unspecified atom stereocenters. The van der Waals surface area contributed by atoms with E-state index >= 15 is 0 Å². The lowest BCUT2D eigenvalue weighted by atomic mass is 9.95. The Kier molecular flexibility index (Phi) is 4.65. The van der Waals surface area contributed by atoms with Gasteiger partial charge in [-0.25, -0.2) is 4.79 Å². The highest BCUT2D eigenvalue weighted by molar-refractivity contribution is 7.17. The van der Waals surface area contributed by atoms with Crippen molar-refractivity contribution >= 4 is 51.4 Å². The fraction of sp³-hybridized carbons (Fsp3) is 0.647. The van der Waals surface area contributed by atoms with Gasteiger partial charge in [-0.05, 0) is 58.4 Å². The second-order valence-corrected chi connectivity index (χ2v) is 9.63. The van der Waals surface area contributed by atoms with Crippen LogP contribution in [-0.4, -0.2) is 22.3 Å². The minimum absolute atomic E-state index is 0.209. The van der Waals surface area contributed by atoms with Gasteiger partial charge in [0, 0.05) is 4.88 Å². The zero-order chi connectivity index (χ0) is 17.7. The van der Waals surface area contributed by atoms with Crippen LogP contribution in [-0.2, 0) is 22.4 Å². The first-order chi connectivity index (χ1) is 11.2. The zero-order valence-electron chi connectivity index (χ0n) is 14.0. The third-order valence-electron chi connectivity index (χ3n) is 4.70. The molecular weight excluding hydrogens is 369 g/mol. The van der Waals surface area contributed by atoms with E-state index in [1.807, 2.05) is 13.8 Å². The van der Waals surface area contributed by atoms with Crippen molar-refractivity contribution in [3.05, 3.63) is 16.0 Å². The van der Waals surface area contributed by atoms with E-state index < -0.39 is 9.75 Å². The number of esters is 1. The summed E-state index contributed by atoms with van der Waals surface area (Å²) in [6, 6.07) is 0. The molecule has 0 bridgehead atoms. The Hall–Kier alpha value is -0.780. The fourth-order valence-electron chi connectivity index (χ4n) is 3.03. The van der Waals surface area contributed by atoms with Gasteiger partial charge in [-0.15, -0.1) is 34.5 Å². The fourth-order valence-corrected chi connectivity index (χ4v) is 5.01. The van der Waals surface area contributed by atoms with Crippen LogP contribution in [0.1, 0.15) is 60.8 Å². The van der Waals surface area contributed by atoms with Crippen molar-refractivity contribution in [1.82, 2.24) is 0 Å². The van der Waals surface area contributed by atoms with E-state index in [1.165, 1.54) is 11.3 Å². The summed E-state index contributed by atoms with van der Waals surface area (Å²) in [5, 5.41) is 3.45. The summed E-state index contributed by atoms with van der Waals surface area (Å²) in [6.07, 6.45) is 4.12. The van der Waals surface area contributed by atoms with Gasteiger partial charge in [0.15, 0.2) is 0 Å². The van der Waals surface area contributed by atoms with E-state index in [4.69, 9.17) is 27.9 Å². The Morgan fingerprint density at radius 3 is 2.46 bits per heavy atom. The number of alkyl halides is 2. The van der Waals surface area contributed by atoms with E-state index in [1.54, 1.807) is 6.92 Å². The minimum atomic E-state index is -1.04. The number of amides is 1. The maximum Gasteiger partial charge on any atom is 0.341 e. The lowest BCUT2D eigenvalue weighted by Gasteiger charge is -2.15. The van der Waals surface area contributed by atoms with Crippen molar-refractivity contribution in [3.63, 3.8) is 0 Å². The monoisotopic (exact) mass is 389 g/mol. The summed E-state index contributed by atoms with van der Waals surface area (Å²) in [6.45, 7) is 5.37. The molecule has 132 valence electrons. The first-order valence-electron chi connectivity index (χ1n) is 8.20. The van der Waals surface area contributed by atoms with Crippen molar-refractivity contribution < 1.29 is 14.3 Å². The Bertz CT molecular complexity index is 698. The second kappa shape index (κ2) is 6.19. The standard InChI is InChI=1S/C17H21Cl2NO3S/c1-9(2)23-14(21)12-10-6-4-5-7-11(10)24-13(12)20-15(22)16(3)8-17(16,18)19/h9H,4-8H2,1-3H3,(H,20,22). The number of hydrogen-bond donors (Lipinski definition) is 1. The number of halogens is 2. The highest BCUT2D eigenvalue weighted by Crippen LogP contribution is 2.64. The van der Waals surface area contributed by atoms with E-state index in [-0.39, 0.29) is 18.0 Å². The number of fused-ring (bicyclic) bond motifs is 1. The van der Waals surface area contributed by atoms with Gasteiger partial charge in [0.2, 0.25) is 5.91 Å². The molecule has 0 radical (unpaired) electrons. The first-order valence-corrected chi connectivity index (χ1v) is 9.78. The van der Waals surface area contributed by atoms with Gasteiger partial charge in [0.25, 0.3) is 0 Å². The van der Waals surface area contributed by atoms with Crippen LogP contribution < -0.4 is 5.32 Å². The van der Waals surface area contributed by atoms with Gasteiger partial charge in [0.1, 0.15) is 9.33 Å². The molecule has 24 heavy (non-hydrogen) atoms. The van der Waals surface area contributed by atoms with Crippen molar-refractivity contribution in [1.29, 1.82) is 0 Å². The smallest absolute Gasteiger partial charge is 0.341 e. The molecule has 0 aliphatic heterocycles. The molecule has 4 nitrogen and oxygen atoms in total. The SMILES string of the molecule is CC(C)OC(=O)c1c(NC(=O)C2(C)CC2(Cl)Cl)sc2c1CCCC2. The summed E-state index contributed by atoms with van der Waals surface area (Å²) in [4.78, 5) is 26.3. The van der Waals surface area contributed by atoms with E-state index in [9.17, 15) is 9.59 Å². The number of thiophene rings is 1. The normalized spacial score (nSPS) is 24.4. The molecule has 1 N–H and O–H groups in total. The predicted molar refractivity (Wildman–Crippen MR) is 97.3 cm³/mol. The Labute approximate surface area is 155 Å². The third kappa shape index (κ3) is 3.06. The van der Waals surface area contributed by atoms with E-state index in [0.29, 0.717) is 17.0 Å². The van der Waals surface area contributed by atoms with Crippen LogP contribution in [0.25, 0.3) is 0 Å². The molecule has 1 atom stereocenters. The van der Waals surface area contributed by atoms with Crippen molar-refractivity contribution in [2.75, 3.05) is 5.32 Å². The zero-order valence-corrected chi connectivity index (χ0v) is 16.3. The average Bonchev–Trinajstić information content (AvgIpc) is 2.85. The number of aryl methyl sites for hydroxylation is 1. The van der Waals surface area contributed by atoms with E-state index in [0.717, 1.165) is 36.1 Å². The van der Waals surface area contributed by atoms with Crippen LogP contribution >= 0.6 is 34.5 Å². The number of ether oxygens (including phenoxy) is 1. The van der Waals surface area contributed by atoms with Gasteiger partial charge in [-0.2, -0.15) is 0 Å². The summed E-state index contributed by atoms with van der Waals surface area (Å²) in [7, 11) is 0. The highest BCUT2D eigenvalue weighted by atomic mass is 35.5. The number of nitrogens with one attached hydrogen (secondary N) is 1. The first kappa shape index (κ1) is 18.0. The van der Waals surface area contributed by atoms with Crippen LogP contribution in [0.4, 0.5) is 5.00 Å². The second-order valence-electron chi connectivity index (χ2n) is 7.04.